The minimum atomic E-state index is -0.779. The van der Waals surface area contributed by atoms with Gasteiger partial charge in [-0.2, -0.15) is 0 Å². The van der Waals surface area contributed by atoms with Crippen molar-refractivity contribution in [3.63, 3.8) is 0 Å². The fraction of sp³-hybridized carbons (Fsp3) is 0.0714. The zero-order valence-electron chi connectivity index (χ0n) is 9.89. The fourth-order valence-electron chi connectivity index (χ4n) is 1.66. The summed E-state index contributed by atoms with van der Waals surface area (Å²) >= 11 is 14.5. The average Bonchev–Trinajstić information content (AvgIpc) is 2.42. The van der Waals surface area contributed by atoms with Crippen molar-refractivity contribution >= 4 is 44.9 Å². The molecule has 0 unspecified atom stereocenters. The number of halogens is 5. The van der Waals surface area contributed by atoms with E-state index >= 15 is 0 Å². The molecule has 0 bridgehead atoms. The predicted molar refractivity (Wildman–Crippen MR) is 78.6 cm³/mol. The molecule has 2 aromatic rings. The minimum absolute atomic E-state index is 0.107. The van der Waals surface area contributed by atoms with Gasteiger partial charge in [0.1, 0.15) is 11.6 Å². The van der Waals surface area contributed by atoms with Crippen LogP contribution in [-0.4, -0.2) is 5.78 Å². The van der Waals surface area contributed by atoms with Gasteiger partial charge in [0.15, 0.2) is 5.78 Å². The van der Waals surface area contributed by atoms with E-state index in [0.29, 0.717) is 5.02 Å². The third kappa shape index (κ3) is 3.19. The molecule has 104 valence electrons. The Hall–Kier alpha value is -0.970. The van der Waals surface area contributed by atoms with Gasteiger partial charge in [0.25, 0.3) is 0 Å². The fourth-order valence-corrected chi connectivity index (χ4v) is 2.33. The van der Waals surface area contributed by atoms with Crippen molar-refractivity contribution in [1.82, 2.24) is 0 Å². The first-order valence-electron chi connectivity index (χ1n) is 5.50. The first kappa shape index (κ1) is 15.4. The summed E-state index contributed by atoms with van der Waals surface area (Å²) in [6.07, 6.45) is -0.394. The van der Waals surface area contributed by atoms with Gasteiger partial charge in [-0.05, 0) is 46.3 Å². The van der Waals surface area contributed by atoms with Crippen LogP contribution >= 0.6 is 39.1 Å². The standard InChI is InChI=1S/C14H7BrCl2F2O/c15-9-2-4-12(18)8(14(9)19)6-13(20)7-1-3-10(16)11(17)5-7/h1-5H,6H2. The molecule has 20 heavy (non-hydrogen) atoms. The molecule has 0 aromatic heterocycles. The highest BCUT2D eigenvalue weighted by Crippen LogP contribution is 2.25. The van der Waals surface area contributed by atoms with Gasteiger partial charge in [-0.1, -0.05) is 23.2 Å². The lowest BCUT2D eigenvalue weighted by Crippen LogP contribution is -2.07. The van der Waals surface area contributed by atoms with Crippen molar-refractivity contribution in [2.24, 2.45) is 0 Å². The number of hydrogen-bond acceptors (Lipinski definition) is 1. The van der Waals surface area contributed by atoms with E-state index in [1.165, 1.54) is 24.3 Å². The molecule has 2 aromatic carbocycles. The Morgan fingerprint density at radius 3 is 2.45 bits per heavy atom. The van der Waals surface area contributed by atoms with E-state index in [1.54, 1.807) is 0 Å². The molecule has 2 rings (SSSR count). The zero-order chi connectivity index (χ0) is 14.9. The number of carbonyl (C=O) groups is 1. The van der Waals surface area contributed by atoms with Gasteiger partial charge in [-0.15, -0.1) is 0 Å². The van der Waals surface area contributed by atoms with Crippen molar-refractivity contribution in [2.45, 2.75) is 6.42 Å². The molecule has 0 heterocycles. The van der Waals surface area contributed by atoms with Crippen molar-refractivity contribution in [3.8, 4) is 0 Å². The lowest BCUT2D eigenvalue weighted by atomic mass is 10.0. The molecular formula is C14H7BrCl2F2O. The summed E-state index contributed by atoms with van der Waals surface area (Å²) in [5, 5.41) is 0.524. The molecule has 6 heteroatoms. The molecule has 0 fully saturated rings. The number of carbonyl (C=O) groups excluding carboxylic acids is 1. The third-order valence-corrected chi connectivity index (χ3v) is 4.07. The smallest absolute Gasteiger partial charge is 0.167 e. The van der Waals surface area contributed by atoms with E-state index < -0.39 is 23.8 Å². The first-order chi connectivity index (χ1) is 9.40. The molecule has 0 aliphatic heterocycles. The van der Waals surface area contributed by atoms with Crippen LogP contribution in [-0.2, 0) is 6.42 Å². The van der Waals surface area contributed by atoms with Crippen LogP contribution in [0.2, 0.25) is 10.0 Å². The maximum atomic E-state index is 13.8. The van der Waals surface area contributed by atoms with E-state index in [-0.39, 0.29) is 20.6 Å². The van der Waals surface area contributed by atoms with Crippen LogP contribution in [0, 0.1) is 11.6 Å². The maximum absolute atomic E-state index is 13.8. The maximum Gasteiger partial charge on any atom is 0.167 e. The second-order valence-corrected chi connectivity index (χ2v) is 5.72. The van der Waals surface area contributed by atoms with Crippen LogP contribution in [0.3, 0.4) is 0 Å². The predicted octanol–water partition coefficient (Wildman–Crippen LogP) is 5.46. The highest BCUT2D eigenvalue weighted by Gasteiger charge is 2.17. The average molecular weight is 380 g/mol. The summed E-state index contributed by atoms with van der Waals surface area (Å²) in [5.74, 6) is -1.99. The number of ketones is 1. The highest BCUT2D eigenvalue weighted by atomic mass is 79.9. The topological polar surface area (TPSA) is 17.1 Å². The Morgan fingerprint density at radius 1 is 1.10 bits per heavy atom. The summed E-state index contributed by atoms with van der Waals surface area (Å²) in [6.45, 7) is 0. The molecule has 0 N–H and O–H groups in total. The van der Waals surface area contributed by atoms with Crippen LogP contribution in [0.1, 0.15) is 15.9 Å². The van der Waals surface area contributed by atoms with Gasteiger partial charge in [0.05, 0.1) is 14.5 Å². The molecule has 0 aliphatic rings. The molecule has 0 saturated heterocycles. The number of Topliss-reactive ketones (excluding diaryl/α,β-unsaturated/α-hetero) is 1. The third-order valence-electron chi connectivity index (χ3n) is 2.72. The summed E-state index contributed by atoms with van der Waals surface area (Å²) in [7, 11) is 0. The monoisotopic (exact) mass is 378 g/mol. The van der Waals surface area contributed by atoms with Gasteiger partial charge in [0, 0.05) is 17.5 Å². The molecule has 0 saturated carbocycles. The second-order valence-electron chi connectivity index (χ2n) is 4.05. The number of hydrogen-bond donors (Lipinski definition) is 0. The van der Waals surface area contributed by atoms with Crippen molar-refractivity contribution < 1.29 is 13.6 Å². The largest absolute Gasteiger partial charge is 0.294 e. The molecule has 0 radical (unpaired) electrons. The molecule has 1 nitrogen and oxygen atoms in total. The number of benzene rings is 2. The lowest BCUT2D eigenvalue weighted by molar-refractivity contribution is 0.0990. The van der Waals surface area contributed by atoms with Crippen LogP contribution in [0.5, 0.6) is 0 Å². The van der Waals surface area contributed by atoms with Gasteiger partial charge in [-0.25, -0.2) is 8.78 Å². The van der Waals surface area contributed by atoms with Gasteiger partial charge in [-0.3, -0.25) is 4.79 Å². The molecule has 0 atom stereocenters. The molecular weight excluding hydrogens is 373 g/mol. The van der Waals surface area contributed by atoms with Crippen LogP contribution in [0.4, 0.5) is 8.78 Å². The Balaban J connectivity index is 2.32. The number of rotatable bonds is 3. The van der Waals surface area contributed by atoms with Crippen molar-refractivity contribution in [3.05, 3.63) is 67.6 Å². The summed E-state index contributed by atoms with van der Waals surface area (Å²) in [6, 6.07) is 6.65. The van der Waals surface area contributed by atoms with Crippen molar-refractivity contribution in [1.29, 1.82) is 0 Å². The molecule has 0 spiro atoms. The van der Waals surface area contributed by atoms with Gasteiger partial charge in [0.2, 0.25) is 0 Å². The Kier molecular flexibility index (Phi) is 4.78. The Labute approximate surface area is 132 Å². The van der Waals surface area contributed by atoms with Crippen LogP contribution < -0.4 is 0 Å². The van der Waals surface area contributed by atoms with Gasteiger partial charge < -0.3 is 0 Å². The first-order valence-corrected chi connectivity index (χ1v) is 7.05. The Morgan fingerprint density at radius 2 is 1.80 bits per heavy atom. The van der Waals surface area contributed by atoms with E-state index in [4.69, 9.17) is 23.2 Å². The Bertz CT molecular complexity index is 689. The van der Waals surface area contributed by atoms with E-state index in [1.807, 2.05) is 0 Å². The second kappa shape index (κ2) is 6.20. The summed E-state index contributed by atoms with van der Waals surface area (Å²) in [4.78, 5) is 12.0. The minimum Gasteiger partial charge on any atom is -0.294 e. The molecule has 0 aliphatic carbocycles. The van der Waals surface area contributed by atoms with E-state index in [9.17, 15) is 13.6 Å². The highest BCUT2D eigenvalue weighted by molar-refractivity contribution is 9.10. The summed E-state index contributed by atoms with van der Waals surface area (Å²) in [5.41, 5.74) is -0.0337. The van der Waals surface area contributed by atoms with E-state index in [2.05, 4.69) is 15.9 Å². The zero-order valence-corrected chi connectivity index (χ0v) is 13.0. The molecule has 0 amide bonds. The van der Waals surface area contributed by atoms with Crippen molar-refractivity contribution in [2.75, 3.05) is 0 Å². The van der Waals surface area contributed by atoms with Gasteiger partial charge >= 0.3 is 0 Å². The van der Waals surface area contributed by atoms with Crippen LogP contribution in [0.25, 0.3) is 0 Å². The lowest BCUT2D eigenvalue weighted by Gasteiger charge is -2.07. The quantitative estimate of drug-likeness (QED) is 0.511. The SMILES string of the molecule is O=C(Cc1c(F)ccc(Br)c1F)c1ccc(Cl)c(Cl)c1. The summed E-state index contributed by atoms with van der Waals surface area (Å²) < 4.78 is 27.5. The normalized spacial score (nSPS) is 10.7. The van der Waals surface area contributed by atoms with E-state index in [0.717, 1.165) is 6.07 Å². The van der Waals surface area contributed by atoms with Crippen LogP contribution in [0.15, 0.2) is 34.8 Å².